The Labute approximate surface area is 94.2 Å². The Morgan fingerprint density at radius 3 is 2.50 bits per heavy atom. The topological polar surface area (TPSA) is 12.0 Å². The Bertz CT molecular complexity index is 369. The molecule has 1 heterocycles. The quantitative estimate of drug-likeness (QED) is 0.771. The summed E-state index contributed by atoms with van der Waals surface area (Å²) in [5.41, 5.74) is 1.88. The molecule has 1 aliphatic rings. The molecule has 0 saturated carbocycles. The summed E-state index contributed by atoms with van der Waals surface area (Å²) in [5.74, 6) is -1.03. The van der Waals surface area contributed by atoms with Crippen LogP contribution < -0.4 is 5.32 Å². The molecule has 1 fully saturated rings. The monoisotopic (exact) mass is 223 g/mol. The summed E-state index contributed by atoms with van der Waals surface area (Å²) >= 11 is 0. The third kappa shape index (κ3) is 3.14. The van der Waals surface area contributed by atoms with Crippen molar-refractivity contribution in [2.75, 3.05) is 13.1 Å². The highest BCUT2D eigenvalue weighted by Crippen LogP contribution is 2.18. The highest BCUT2D eigenvalue weighted by Gasteiger charge is 2.04. The van der Waals surface area contributed by atoms with E-state index in [1.807, 2.05) is 6.08 Å². The van der Waals surface area contributed by atoms with Gasteiger partial charge in [-0.05, 0) is 50.0 Å². The number of nitrogens with one attached hydrogen (secondary N) is 1. The Kier molecular flexibility index (Phi) is 3.67. The van der Waals surface area contributed by atoms with E-state index in [0.29, 0.717) is 5.56 Å². The van der Waals surface area contributed by atoms with E-state index >= 15 is 0 Å². The fourth-order valence-electron chi connectivity index (χ4n) is 1.98. The van der Waals surface area contributed by atoms with Crippen LogP contribution in [0.3, 0.4) is 0 Å². The first kappa shape index (κ1) is 11.3. The Hall–Kier alpha value is -1.22. The molecular formula is C13H15F2N. The smallest absolute Gasteiger partial charge is 0.126 e. The van der Waals surface area contributed by atoms with E-state index < -0.39 is 11.6 Å². The van der Waals surface area contributed by atoms with Crippen molar-refractivity contribution in [1.82, 2.24) is 5.32 Å². The van der Waals surface area contributed by atoms with Crippen LogP contribution in [0.15, 0.2) is 23.8 Å². The van der Waals surface area contributed by atoms with Crippen molar-refractivity contribution in [2.45, 2.75) is 19.3 Å². The van der Waals surface area contributed by atoms with Gasteiger partial charge >= 0.3 is 0 Å². The standard InChI is InChI=1S/C13H15F2N/c14-12-7-11(8-13(15)9-12)6-10-2-1-4-16-5-3-10/h6-9,16H,1-5H2/b10-6-. The molecule has 0 radical (unpaired) electrons. The van der Waals surface area contributed by atoms with Crippen LogP contribution in [0.4, 0.5) is 8.78 Å². The fraction of sp³-hybridized carbons (Fsp3) is 0.385. The van der Waals surface area contributed by atoms with Crippen LogP contribution in [-0.2, 0) is 0 Å². The molecule has 3 heteroatoms. The highest BCUT2D eigenvalue weighted by molar-refractivity contribution is 5.53. The van der Waals surface area contributed by atoms with E-state index in [4.69, 9.17) is 0 Å². The molecule has 0 amide bonds. The van der Waals surface area contributed by atoms with Crippen molar-refractivity contribution in [3.8, 4) is 0 Å². The maximum absolute atomic E-state index is 13.0. The van der Waals surface area contributed by atoms with Gasteiger partial charge in [0.2, 0.25) is 0 Å². The molecule has 0 unspecified atom stereocenters. The van der Waals surface area contributed by atoms with Gasteiger partial charge in [-0.25, -0.2) is 8.78 Å². The third-order valence-electron chi connectivity index (χ3n) is 2.73. The lowest BCUT2D eigenvalue weighted by molar-refractivity contribution is 0.583. The lowest BCUT2D eigenvalue weighted by atomic mass is 10.0. The molecule has 86 valence electrons. The van der Waals surface area contributed by atoms with Crippen molar-refractivity contribution in [2.24, 2.45) is 0 Å². The zero-order valence-electron chi connectivity index (χ0n) is 9.10. The molecule has 1 nitrogen and oxygen atoms in total. The summed E-state index contributed by atoms with van der Waals surface area (Å²) < 4.78 is 26.0. The van der Waals surface area contributed by atoms with Gasteiger partial charge in [-0.2, -0.15) is 0 Å². The second kappa shape index (κ2) is 5.21. The molecule has 1 N–H and O–H groups in total. The van der Waals surface area contributed by atoms with Crippen molar-refractivity contribution < 1.29 is 8.78 Å². The van der Waals surface area contributed by atoms with Gasteiger partial charge in [0.1, 0.15) is 11.6 Å². The number of rotatable bonds is 1. The van der Waals surface area contributed by atoms with E-state index in [0.717, 1.165) is 38.4 Å². The molecule has 1 saturated heterocycles. The molecule has 0 aromatic heterocycles. The van der Waals surface area contributed by atoms with Crippen molar-refractivity contribution in [1.29, 1.82) is 0 Å². The molecule has 0 atom stereocenters. The van der Waals surface area contributed by atoms with Crippen LogP contribution in [0.5, 0.6) is 0 Å². The van der Waals surface area contributed by atoms with Crippen LogP contribution in [0.1, 0.15) is 24.8 Å². The van der Waals surface area contributed by atoms with Crippen molar-refractivity contribution in [3.63, 3.8) is 0 Å². The minimum Gasteiger partial charge on any atom is -0.316 e. The third-order valence-corrected chi connectivity index (χ3v) is 2.73. The van der Waals surface area contributed by atoms with Crippen LogP contribution in [0.25, 0.3) is 6.08 Å². The number of hydrogen-bond donors (Lipinski definition) is 1. The van der Waals surface area contributed by atoms with Gasteiger partial charge in [0.15, 0.2) is 0 Å². The molecule has 0 aliphatic carbocycles. The second-order valence-corrected chi connectivity index (χ2v) is 4.11. The fourth-order valence-corrected chi connectivity index (χ4v) is 1.98. The molecule has 16 heavy (non-hydrogen) atoms. The predicted molar refractivity (Wildman–Crippen MR) is 61.1 cm³/mol. The lowest BCUT2D eigenvalue weighted by Gasteiger charge is -2.02. The van der Waals surface area contributed by atoms with E-state index in [-0.39, 0.29) is 0 Å². The zero-order valence-corrected chi connectivity index (χ0v) is 9.10. The summed E-state index contributed by atoms with van der Waals surface area (Å²) in [6.45, 7) is 1.97. The minimum atomic E-state index is -0.515. The molecular weight excluding hydrogens is 208 g/mol. The van der Waals surface area contributed by atoms with Crippen molar-refractivity contribution in [3.05, 3.63) is 41.0 Å². The van der Waals surface area contributed by atoms with Gasteiger partial charge in [0.25, 0.3) is 0 Å². The first-order valence-electron chi connectivity index (χ1n) is 5.60. The number of benzene rings is 1. The average molecular weight is 223 g/mol. The predicted octanol–water partition coefficient (Wildman–Crippen LogP) is 3.12. The van der Waals surface area contributed by atoms with Gasteiger partial charge in [-0.15, -0.1) is 0 Å². The average Bonchev–Trinajstić information content (AvgIpc) is 2.44. The summed E-state index contributed by atoms with van der Waals surface area (Å²) in [5, 5.41) is 3.30. The summed E-state index contributed by atoms with van der Waals surface area (Å²) in [4.78, 5) is 0. The second-order valence-electron chi connectivity index (χ2n) is 4.11. The van der Waals surface area contributed by atoms with Gasteiger partial charge in [-0.1, -0.05) is 11.6 Å². The van der Waals surface area contributed by atoms with E-state index in [1.165, 1.54) is 17.7 Å². The molecule has 2 rings (SSSR count). The van der Waals surface area contributed by atoms with E-state index in [1.54, 1.807) is 0 Å². The number of hydrogen-bond acceptors (Lipinski definition) is 1. The van der Waals surface area contributed by atoms with Gasteiger partial charge in [-0.3, -0.25) is 0 Å². The van der Waals surface area contributed by atoms with Gasteiger partial charge < -0.3 is 5.32 Å². The molecule has 1 aromatic carbocycles. The maximum Gasteiger partial charge on any atom is 0.126 e. The normalized spacial score (nSPS) is 19.8. The van der Waals surface area contributed by atoms with Crippen LogP contribution in [-0.4, -0.2) is 13.1 Å². The Morgan fingerprint density at radius 2 is 1.75 bits per heavy atom. The SMILES string of the molecule is Fc1cc(F)cc(/C=C2/CCCNCC2)c1. The van der Waals surface area contributed by atoms with Crippen molar-refractivity contribution >= 4 is 6.08 Å². The molecule has 1 aliphatic heterocycles. The minimum absolute atomic E-state index is 0.515. The van der Waals surface area contributed by atoms with Crippen LogP contribution >= 0.6 is 0 Å². The Morgan fingerprint density at radius 1 is 1.00 bits per heavy atom. The van der Waals surface area contributed by atoms with E-state index in [2.05, 4.69) is 5.32 Å². The van der Waals surface area contributed by atoms with E-state index in [9.17, 15) is 8.78 Å². The molecule has 0 spiro atoms. The van der Waals surface area contributed by atoms with Gasteiger partial charge in [0.05, 0.1) is 0 Å². The Balaban J connectivity index is 2.19. The largest absolute Gasteiger partial charge is 0.316 e. The zero-order chi connectivity index (χ0) is 11.4. The number of halogens is 2. The summed E-state index contributed by atoms with van der Waals surface area (Å²) in [6.07, 6.45) is 4.95. The first-order valence-corrected chi connectivity index (χ1v) is 5.60. The van der Waals surface area contributed by atoms with Crippen LogP contribution in [0.2, 0.25) is 0 Å². The first-order chi connectivity index (χ1) is 7.74. The lowest BCUT2D eigenvalue weighted by Crippen LogP contribution is -2.13. The van der Waals surface area contributed by atoms with Gasteiger partial charge in [0, 0.05) is 6.07 Å². The molecule has 1 aromatic rings. The van der Waals surface area contributed by atoms with Crippen LogP contribution in [0, 0.1) is 11.6 Å². The summed E-state index contributed by atoms with van der Waals surface area (Å²) in [7, 11) is 0. The molecule has 0 bridgehead atoms. The highest BCUT2D eigenvalue weighted by atomic mass is 19.1. The summed E-state index contributed by atoms with van der Waals surface area (Å²) in [6, 6.07) is 3.64. The maximum atomic E-state index is 13.0.